The fraction of sp³-hybridized carbons (Fsp3) is 0.438. The second-order valence-corrected chi connectivity index (χ2v) is 6.47. The second-order valence-electron chi connectivity index (χ2n) is 6.06. The first-order valence-electron chi connectivity index (χ1n) is 8.05. The lowest BCUT2D eigenvalue weighted by atomic mass is 10.1. The molecule has 1 unspecified atom stereocenters. The van der Waals surface area contributed by atoms with Gasteiger partial charge in [-0.1, -0.05) is 11.6 Å². The highest BCUT2D eigenvalue weighted by Gasteiger charge is 2.45. The summed E-state index contributed by atoms with van der Waals surface area (Å²) in [4.78, 5) is 21.5. The van der Waals surface area contributed by atoms with Gasteiger partial charge in [0.15, 0.2) is 0 Å². The largest absolute Gasteiger partial charge is 0.491 e. The molecule has 1 aromatic carbocycles. The van der Waals surface area contributed by atoms with Crippen molar-refractivity contribution in [1.82, 2.24) is 10.2 Å². The summed E-state index contributed by atoms with van der Waals surface area (Å²) in [6.45, 7) is 0.734. The molecule has 0 spiro atoms. The zero-order chi connectivity index (χ0) is 19.8. The topological polar surface area (TPSA) is 78.3 Å². The molecule has 0 radical (unpaired) electrons. The maximum Gasteiger partial charge on any atom is 0.400 e. The number of amides is 1. The van der Waals surface area contributed by atoms with E-state index in [-0.39, 0.29) is 16.9 Å². The van der Waals surface area contributed by atoms with E-state index >= 15 is 0 Å². The van der Waals surface area contributed by atoms with Crippen LogP contribution in [0.4, 0.5) is 18.9 Å². The van der Waals surface area contributed by atoms with E-state index in [9.17, 15) is 18.0 Å². The molecule has 2 heterocycles. The van der Waals surface area contributed by atoms with Crippen molar-refractivity contribution in [3.8, 4) is 5.75 Å². The van der Waals surface area contributed by atoms with Crippen molar-refractivity contribution in [1.29, 1.82) is 0 Å². The number of alkyl halides is 3. The molecule has 1 aromatic rings. The van der Waals surface area contributed by atoms with E-state index in [1.54, 1.807) is 7.05 Å². The average Bonchev–Trinajstić information content (AvgIpc) is 2.74. The number of anilines is 1. The van der Waals surface area contributed by atoms with Gasteiger partial charge in [-0.3, -0.25) is 10.1 Å². The summed E-state index contributed by atoms with van der Waals surface area (Å²) in [5.41, 5.74) is 0.633. The number of likely N-dealkylation sites (N-methyl/N-ethyl adjacent to an activating group) is 1. The summed E-state index contributed by atoms with van der Waals surface area (Å²) in [6.07, 6.45) is -4.88. The van der Waals surface area contributed by atoms with Crippen molar-refractivity contribution in [2.24, 2.45) is 15.9 Å². The zero-order valence-electron chi connectivity index (χ0n) is 14.5. The van der Waals surface area contributed by atoms with Crippen LogP contribution in [0.1, 0.15) is 10.4 Å². The van der Waals surface area contributed by atoms with Crippen LogP contribution in [0.3, 0.4) is 0 Å². The van der Waals surface area contributed by atoms with Crippen LogP contribution in [-0.4, -0.2) is 62.6 Å². The molecule has 0 aliphatic carbocycles. The quantitative estimate of drug-likeness (QED) is 0.794. The van der Waals surface area contributed by atoms with Crippen molar-refractivity contribution in [2.75, 3.05) is 32.6 Å². The van der Waals surface area contributed by atoms with Crippen molar-refractivity contribution in [2.45, 2.75) is 12.3 Å². The molecule has 27 heavy (non-hydrogen) atoms. The molecular formula is C16H17ClF3N5O2. The molecule has 0 fully saturated rings. The number of benzene rings is 1. The normalized spacial score (nSPS) is 22.7. The van der Waals surface area contributed by atoms with Crippen LogP contribution >= 0.6 is 11.6 Å². The van der Waals surface area contributed by atoms with Gasteiger partial charge in [0.25, 0.3) is 5.91 Å². The molecule has 0 aromatic heterocycles. The second kappa shape index (κ2) is 7.35. The highest BCUT2D eigenvalue weighted by atomic mass is 35.5. The SMILES string of the molecule is CNC1N=C(Nc2cc3c(cc2Cl)C(=O)N(C)CCO3)N=C[C@@H]1C(F)(F)F. The van der Waals surface area contributed by atoms with Crippen molar-refractivity contribution < 1.29 is 22.7 Å². The number of ether oxygens (including phenoxy) is 1. The molecule has 2 aliphatic rings. The number of carbonyl (C=O) groups excluding carboxylic acids is 1. The number of rotatable bonds is 2. The monoisotopic (exact) mass is 403 g/mol. The van der Waals surface area contributed by atoms with Gasteiger partial charge in [0.2, 0.25) is 5.96 Å². The molecule has 0 saturated carbocycles. The number of hydrogen-bond acceptors (Lipinski definition) is 6. The van der Waals surface area contributed by atoms with E-state index in [0.29, 0.717) is 30.2 Å². The standard InChI is InChI=1S/C16H17ClF3N5O2/c1-21-13-9(16(18,19)20)7-22-15(24-13)23-11-6-12-8(5-10(11)17)14(26)25(2)3-4-27-12/h5-7,9,13,21H,3-4H2,1-2H3,(H,23,24)/t9-,13?/m0/s1. The van der Waals surface area contributed by atoms with Crippen molar-refractivity contribution in [3.63, 3.8) is 0 Å². The molecule has 3 rings (SSSR count). The third-order valence-corrected chi connectivity index (χ3v) is 4.52. The zero-order valence-corrected chi connectivity index (χ0v) is 15.2. The van der Waals surface area contributed by atoms with Gasteiger partial charge in [0.05, 0.1) is 22.8 Å². The van der Waals surface area contributed by atoms with Gasteiger partial charge in [-0.05, 0) is 13.1 Å². The molecule has 0 bridgehead atoms. The Morgan fingerprint density at radius 1 is 1.37 bits per heavy atom. The Bertz CT molecular complexity index is 812. The van der Waals surface area contributed by atoms with Crippen LogP contribution in [0, 0.1) is 5.92 Å². The molecule has 11 heteroatoms. The van der Waals surface area contributed by atoms with Crippen molar-refractivity contribution in [3.05, 3.63) is 22.7 Å². The Kier molecular flexibility index (Phi) is 5.29. The first-order chi connectivity index (χ1) is 12.7. The molecule has 1 amide bonds. The Hall–Kier alpha value is -2.33. The summed E-state index contributed by atoms with van der Waals surface area (Å²) >= 11 is 6.23. The smallest absolute Gasteiger partial charge is 0.400 e. The summed E-state index contributed by atoms with van der Waals surface area (Å²) in [5.74, 6) is -1.76. The Morgan fingerprint density at radius 2 is 2.11 bits per heavy atom. The van der Waals surface area contributed by atoms with E-state index in [2.05, 4.69) is 20.6 Å². The van der Waals surface area contributed by atoms with Crippen molar-refractivity contribution >= 4 is 35.4 Å². The fourth-order valence-corrected chi connectivity index (χ4v) is 2.92. The number of carbonyl (C=O) groups is 1. The van der Waals surface area contributed by atoms with E-state index in [0.717, 1.165) is 6.21 Å². The van der Waals surface area contributed by atoms with Crippen LogP contribution in [-0.2, 0) is 0 Å². The third-order valence-electron chi connectivity index (χ3n) is 4.21. The number of fused-ring (bicyclic) bond motifs is 1. The maximum absolute atomic E-state index is 13.0. The number of nitrogens with zero attached hydrogens (tertiary/aromatic N) is 3. The first kappa shape index (κ1) is 19.4. The van der Waals surface area contributed by atoms with Gasteiger partial charge in [0.1, 0.15) is 24.4 Å². The summed E-state index contributed by atoms with van der Waals surface area (Å²) in [7, 11) is 3.04. The van der Waals surface area contributed by atoms with Gasteiger partial charge in [-0.15, -0.1) is 0 Å². The number of aliphatic imine (C=N–C) groups is 2. The van der Waals surface area contributed by atoms with Crippen LogP contribution in [0.2, 0.25) is 5.02 Å². The number of guanidine groups is 1. The predicted octanol–water partition coefficient (Wildman–Crippen LogP) is 2.38. The van der Waals surface area contributed by atoms with Crippen LogP contribution < -0.4 is 15.4 Å². The number of halogens is 4. The van der Waals surface area contributed by atoms with Gasteiger partial charge in [-0.2, -0.15) is 13.2 Å². The van der Waals surface area contributed by atoms with E-state index in [1.165, 1.54) is 24.1 Å². The molecule has 146 valence electrons. The Balaban J connectivity index is 1.87. The molecule has 2 N–H and O–H groups in total. The third kappa shape index (κ3) is 4.01. The van der Waals surface area contributed by atoms with E-state index < -0.39 is 18.3 Å². The average molecular weight is 404 g/mol. The lowest BCUT2D eigenvalue weighted by molar-refractivity contribution is -0.160. The summed E-state index contributed by atoms with van der Waals surface area (Å²) < 4.78 is 44.6. The van der Waals surface area contributed by atoms with Gasteiger partial charge >= 0.3 is 6.18 Å². The molecule has 0 saturated heterocycles. The lowest BCUT2D eigenvalue weighted by Crippen LogP contribution is -2.44. The lowest BCUT2D eigenvalue weighted by Gasteiger charge is -2.26. The van der Waals surface area contributed by atoms with Gasteiger partial charge in [-0.25, -0.2) is 9.98 Å². The Morgan fingerprint density at radius 3 is 2.78 bits per heavy atom. The molecule has 2 aliphatic heterocycles. The van der Waals surface area contributed by atoms with Crippen LogP contribution in [0.25, 0.3) is 0 Å². The van der Waals surface area contributed by atoms with Crippen LogP contribution in [0.5, 0.6) is 5.75 Å². The minimum Gasteiger partial charge on any atom is -0.491 e. The minimum absolute atomic E-state index is 0.0335. The molecule has 7 nitrogen and oxygen atoms in total. The molecule has 2 atom stereocenters. The maximum atomic E-state index is 13.0. The molecular weight excluding hydrogens is 387 g/mol. The minimum atomic E-state index is -4.46. The Labute approximate surface area is 158 Å². The van der Waals surface area contributed by atoms with Gasteiger partial charge in [0, 0.05) is 19.3 Å². The predicted molar refractivity (Wildman–Crippen MR) is 95.8 cm³/mol. The highest BCUT2D eigenvalue weighted by Crippen LogP contribution is 2.34. The van der Waals surface area contributed by atoms with Crippen LogP contribution in [0.15, 0.2) is 22.1 Å². The number of nitrogens with one attached hydrogen (secondary N) is 2. The van der Waals surface area contributed by atoms with E-state index in [1.807, 2.05) is 0 Å². The number of hydrogen-bond donors (Lipinski definition) is 2. The fourth-order valence-electron chi connectivity index (χ4n) is 2.71. The summed E-state index contributed by atoms with van der Waals surface area (Å²) in [5, 5.41) is 5.50. The van der Waals surface area contributed by atoms with E-state index in [4.69, 9.17) is 16.3 Å². The highest BCUT2D eigenvalue weighted by molar-refractivity contribution is 6.34. The first-order valence-corrected chi connectivity index (χ1v) is 8.43. The summed E-state index contributed by atoms with van der Waals surface area (Å²) in [6, 6.07) is 2.96. The van der Waals surface area contributed by atoms with Gasteiger partial charge < -0.3 is 15.0 Å².